The molecule has 1 unspecified atom stereocenters. The molecule has 0 aliphatic rings. The fourth-order valence-corrected chi connectivity index (χ4v) is 2.52. The number of hydrogen-bond donors (Lipinski definition) is 2. The number of primary amides is 1. The second-order valence-corrected chi connectivity index (χ2v) is 5.58. The molecule has 8 heteroatoms. The summed E-state index contributed by atoms with van der Waals surface area (Å²) in [6, 6.07) is 6.72. The summed E-state index contributed by atoms with van der Waals surface area (Å²) >= 11 is 11.9. The second-order valence-electron chi connectivity index (χ2n) is 4.76. The maximum atomic E-state index is 12.3. The molecule has 0 radical (unpaired) electrons. The highest BCUT2D eigenvalue weighted by Crippen LogP contribution is 2.24. The summed E-state index contributed by atoms with van der Waals surface area (Å²) in [6.45, 7) is 1.49. The minimum Gasteiger partial charge on any atom is -0.368 e. The molecule has 0 saturated heterocycles. The van der Waals surface area contributed by atoms with Crippen LogP contribution in [0.3, 0.4) is 0 Å². The van der Waals surface area contributed by atoms with Crippen LogP contribution in [0.2, 0.25) is 10.0 Å². The van der Waals surface area contributed by atoms with Crippen LogP contribution in [0, 0.1) is 0 Å². The number of halogens is 2. The fraction of sp³-hybridized carbons (Fsp3) is 0.133. The largest absolute Gasteiger partial charge is 0.368 e. The van der Waals surface area contributed by atoms with Crippen LogP contribution < -0.4 is 16.6 Å². The first-order valence-corrected chi connectivity index (χ1v) is 7.34. The smallest absolute Gasteiger partial charge is 0.275 e. The number of carbonyl (C=O) groups excluding carboxylic acids is 2. The van der Waals surface area contributed by atoms with Crippen molar-refractivity contribution in [3.05, 3.63) is 62.5 Å². The Hall–Kier alpha value is -2.31. The molecule has 0 saturated carbocycles. The van der Waals surface area contributed by atoms with Gasteiger partial charge in [-0.25, -0.2) is 0 Å². The molecule has 1 aromatic heterocycles. The molecule has 120 valence electrons. The lowest BCUT2D eigenvalue weighted by molar-refractivity contribution is -0.120. The van der Waals surface area contributed by atoms with Gasteiger partial charge in [0.15, 0.2) is 0 Å². The van der Waals surface area contributed by atoms with Gasteiger partial charge in [0, 0.05) is 6.20 Å². The van der Waals surface area contributed by atoms with Crippen molar-refractivity contribution in [2.45, 2.75) is 13.0 Å². The van der Waals surface area contributed by atoms with E-state index in [0.717, 1.165) is 4.57 Å². The Morgan fingerprint density at radius 3 is 2.35 bits per heavy atom. The lowest BCUT2D eigenvalue weighted by atomic mass is 10.2. The van der Waals surface area contributed by atoms with Crippen molar-refractivity contribution < 1.29 is 9.59 Å². The number of carbonyl (C=O) groups is 2. The Morgan fingerprint density at radius 1 is 1.17 bits per heavy atom. The Morgan fingerprint density at radius 2 is 1.78 bits per heavy atom. The highest BCUT2D eigenvalue weighted by Gasteiger charge is 2.18. The van der Waals surface area contributed by atoms with E-state index in [2.05, 4.69) is 5.32 Å². The van der Waals surface area contributed by atoms with E-state index < -0.39 is 23.4 Å². The van der Waals surface area contributed by atoms with Crippen LogP contribution in [0.1, 0.15) is 23.3 Å². The molecule has 2 aromatic rings. The number of nitrogens with one attached hydrogen (secondary N) is 1. The van der Waals surface area contributed by atoms with Gasteiger partial charge in [0.25, 0.3) is 11.5 Å². The highest BCUT2D eigenvalue weighted by molar-refractivity contribution is 6.40. The molecule has 0 fully saturated rings. The molecule has 1 aromatic carbocycles. The van der Waals surface area contributed by atoms with Crippen LogP contribution in [0.4, 0.5) is 5.69 Å². The number of anilines is 1. The monoisotopic (exact) mass is 353 g/mol. The van der Waals surface area contributed by atoms with Gasteiger partial charge in [0.05, 0.1) is 15.6 Å². The maximum Gasteiger partial charge on any atom is 0.275 e. The first-order chi connectivity index (χ1) is 10.8. The first kappa shape index (κ1) is 17.1. The van der Waals surface area contributed by atoms with Gasteiger partial charge in [-0.1, -0.05) is 29.3 Å². The van der Waals surface area contributed by atoms with E-state index in [9.17, 15) is 14.4 Å². The maximum absolute atomic E-state index is 12.3. The third kappa shape index (κ3) is 3.55. The number of pyridine rings is 1. The third-order valence-corrected chi connectivity index (χ3v) is 3.87. The molecular weight excluding hydrogens is 341 g/mol. The predicted molar refractivity (Wildman–Crippen MR) is 89.0 cm³/mol. The van der Waals surface area contributed by atoms with Crippen molar-refractivity contribution in [3.8, 4) is 0 Å². The number of hydrogen-bond acceptors (Lipinski definition) is 3. The predicted octanol–water partition coefficient (Wildman–Crippen LogP) is 2.45. The Labute approximate surface area is 141 Å². The van der Waals surface area contributed by atoms with Gasteiger partial charge >= 0.3 is 0 Å². The van der Waals surface area contributed by atoms with Gasteiger partial charge in [0.1, 0.15) is 11.7 Å². The van der Waals surface area contributed by atoms with Crippen molar-refractivity contribution in [1.82, 2.24) is 4.57 Å². The highest BCUT2D eigenvalue weighted by atomic mass is 35.5. The standard InChI is InChI=1S/C15H13Cl2N3O3/c1-8(13(18)21)20-7-3-6-11(15(20)23)19-14(22)12-9(16)4-2-5-10(12)17/h2-8H,1H3,(H2,18,21)(H,19,22). The number of rotatable bonds is 4. The topological polar surface area (TPSA) is 94.2 Å². The number of aromatic nitrogens is 1. The Kier molecular flexibility index (Phi) is 5.08. The molecule has 2 amide bonds. The van der Waals surface area contributed by atoms with E-state index in [1.807, 2.05) is 0 Å². The van der Waals surface area contributed by atoms with Gasteiger partial charge in [-0.15, -0.1) is 0 Å². The lowest BCUT2D eigenvalue weighted by Crippen LogP contribution is -2.33. The number of benzene rings is 1. The molecular formula is C15H13Cl2N3O3. The molecule has 6 nitrogen and oxygen atoms in total. The van der Waals surface area contributed by atoms with Gasteiger partial charge < -0.3 is 15.6 Å². The summed E-state index contributed by atoms with van der Waals surface area (Å²) in [7, 11) is 0. The average molecular weight is 354 g/mol. The van der Waals surface area contributed by atoms with Crippen molar-refractivity contribution in [1.29, 1.82) is 0 Å². The van der Waals surface area contributed by atoms with Gasteiger partial charge in [-0.3, -0.25) is 14.4 Å². The zero-order valence-corrected chi connectivity index (χ0v) is 13.6. The van der Waals surface area contributed by atoms with Gasteiger partial charge in [-0.05, 0) is 31.2 Å². The second kappa shape index (κ2) is 6.85. The Bertz CT molecular complexity index is 813. The minimum absolute atomic E-state index is 0.0124. The van der Waals surface area contributed by atoms with Crippen LogP contribution in [0.15, 0.2) is 41.3 Å². The van der Waals surface area contributed by atoms with Crippen LogP contribution in [-0.4, -0.2) is 16.4 Å². The lowest BCUT2D eigenvalue weighted by Gasteiger charge is -2.13. The molecule has 0 aliphatic heterocycles. The van der Waals surface area contributed by atoms with Crippen LogP contribution in [0.5, 0.6) is 0 Å². The number of nitrogens with zero attached hydrogens (tertiary/aromatic N) is 1. The normalized spacial score (nSPS) is 11.8. The third-order valence-electron chi connectivity index (χ3n) is 3.24. The summed E-state index contributed by atoms with van der Waals surface area (Å²) in [5.74, 6) is -1.29. The van der Waals surface area contributed by atoms with E-state index in [4.69, 9.17) is 28.9 Å². The van der Waals surface area contributed by atoms with E-state index in [1.54, 1.807) is 6.07 Å². The van der Waals surface area contributed by atoms with Crippen LogP contribution in [0.25, 0.3) is 0 Å². The van der Waals surface area contributed by atoms with E-state index in [0.29, 0.717) is 0 Å². The van der Waals surface area contributed by atoms with Crippen molar-refractivity contribution in [2.24, 2.45) is 5.73 Å². The Balaban J connectivity index is 2.38. The van der Waals surface area contributed by atoms with Gasteiger partial charge in [-0.2, -0.15) is 0 Å². The van der Waals surface area contributed by atoms with Crippen LogP contribution in [-0.2, 0) is 4.79 Å². The zero-order chi connectivity index (χ0) is 17.1. The van der Waals surface area contributed by atoms with E-state index in [-0.39, 0.29) is 21.3 Å². The van der Waals surface area contributed by atoms with Gasteiger partial charge in [0.2, 0.25) is 5.91 Å². The van der Waals surface area contributed by atoms with Crippen molar-refractivity contribution in [3.63, 3.8) is 0 Å². The SMILES string of the molecule is CC(C(N)=O)n1cccc(NC(=O)c2c(Cl)cccc2Cl)c1=O. The molecule has 0 aliphatic carbocycles. The van der Waals surface area contributed by atoms with Crippen molar-refractivity contribution >= 4 is 40.7 Å². The molecule has 0 spiro atoms. The van der Waals surface area contributed by atoms with Crippen LogP contribution >= 0.6 is 23.2 Å². The molecule has 2 rings (SSSR count). The summed E-state index contributed by atoms with van der Waals surface area (Å²) in [5, 5.41) is 2.78. The summed E-state index contributed by atoms with van der Waals surface area (Å²) in [6.07, 6.45) is 1.41. The van der Waals surface area contributed by atoms with E-state index >= 15 is 0 Å². The molecule has 23 heavy (non-hydrogen) atoms. The molecule has 1 atom stereocenters. The van der Waals surface area contributed by atoms with Crippen molar-refractivity contribution in [2.75, 3.05) is 5.32 Å². The summed E-state index contributed by atoms with van der Waals surface area (Å²) < 4.78 is 1.13. The summed E-state index contributed by atoms with van der Waals surface area (Å²) in [4.78, 5) is 35.9. The fourth-order valence-electron chi connectivity index (χ4n) is 1.95. The quantitative estimate of drug-likeness (QED) is 0.883. The molecule has 3 N–H and O–H groups in total. The number of amides is 2. The molecule has 0 bridgehead atoms. The molecule has 1 heterocycles. The first-order valence-electron chi connectivity index (χ1n) is 6.58. The minimum atomic E-state index is -0.844. The summed E-state index contributed by atoms with van der Waals surface area (Å²) in [5.41, 5.74) is 4.69. The van der Waals surface area contributed by atoms with E-state index in [1.165, 1.54) is 37.4 Å². The number of nitrogens with two attached hydrogens (primary N) is 1. The average Bonchev–Trinajstić information content (AvgIpc) is 2.48. The zero-order valence-electron chi connectivity index (χ0n) is 12.0.